The molecule has 0 saturated heterocycles. The fourth-order valence-corrected chi connectivity index (χ4v) is 3.73. The quantitative estimate of drug-likeness (QED) is 0.810. The summed E-state index contributed by atoms with van der Waals surface area (Å²) >= 11 is 3.16. The van der Waals surface area contributed by atoms with Gasteiger partial charge < -0.3 is 11.5 Å². The number of nitrogens with two attached hydrogens (primary N) is 2. The zero-order chi connectivity index (χ0) is 13.2. The van der Waals surface area contributed by atoms with Gasteiger partial charge in [0.25, 0.3) is 0 Å². The van der Waals surface area contributed by atoms with E-state index in [0.29, 0.717) is 4.47 Å². The number of rotatable bonds is 4. The van der Waals surface area contributed by atoms with E-state index in [1.807, 2.05) is 0 Å². The molecule has 1 aromatic carbocycles. The second-order valence-electron chi connectivity index (χ2n) is 3.53. The number of amides is 1. The van der Waals surface area contributed by atoms with Crippen LogP contribution in [0.15, 0.2) is 27.6 Å². The van der Waals surface area contributed by atoms with Gasteiger partial charge in [0, 0.05) is 4.47 Å². The van der Waals surface area contributed by atoms with E-state index in [1.165, 1.54) is 12.1 Å². The van der Waals surface area contributed by atoms with Gasteiger partial charge in [0.1, 0.15) is 5.25 Å². The van der Waals surface area contributed by atoms with Crippen LogP contribution in [0.4, 0.5) is 5.69 Å². The van der Waals surface area contributed by atoms with Gasteiger partial charge in [0.2, 0.25) is 5.91 Å². The van der Waals surface area contributed by atoms with Gasteiger partial charge in [-0.2, -0.15) is 0 Å². The molecule has 0 bridgehead atoms. The highest BCUT2D eigenvalue weighted by Gasteiger charge is 2.32. The molecule has 5 nitrogen and oxygen atoms in total. The van der Waals surface area contributed by atoms with Crippen LogP contribution >= 0.6 is 15.9 Å². The van der Waals surface area contributed by atoms with Crippen molar-refractivity contribution in [3.05, 3.63) is 22.7 Å². The summed E-state index contributed by atoms with van der Waals surface area (Å²) in [6.07, 6.45) is 0.115. The maximum absolute atomic E-state index is 12.2. The predicted molar refractivity (Wildman–Crippen MR) is 69.0 cm³/mol. The Kier molecular flexibility index (Phi) is 4.16. The van der Waals surface area contributed by atoms with Gasteiger partial charge in [-0.05, 0) is 24.6 Å². The number of sulfone groups is 1. The van der Waals surface area contributed by atoms with Crippen LogP contribution < -0.4 is 11.5 Å². The molecule has 0 radical (unpaired) electrons. The van der Waals surface area contributed by atoms with Crippen molar-refractivity contribution in [1.29, 1.82) is 0 Å². The number of hydrogen-bond donors (Lipinski definition) is 2. The Labute approximate surface area is 108 Å². The summed E-state index contributed by atoms with van der Waals surface area (Å²) in [5.74, 6) is -0.869. The van der Waals surface area contributed by atoms with Crippen LogP contribution in [0, 0.1) is 0 Å². The molecule has 1 rings (SSSR count). The van der Waals surface area contributed by atoms with E-state index in [9.17, 15) is 13.2 Å². The fourth-order valence-electron chi connectivity index (χ4n) is 1.48. The van der Waals surface area contributed by atoms with Crippen LogP contribution in [0.5, 0.6) is 0 Å². The molecule has 1 unspecified atom stereocenters. The summed E-state index contributed by atoms with van der Waals surface area (Å²) in [5.41, 5.74) is 10.8. The van der Waals surface area contributed by atoms with Crippen molar-refractivity contribution in [1.82, 2.24) is 0 Å². The molecule has 0 aromatic heterocycles. The van der Waals surface area contributed by atoms with Gasteiger partial charge in [-0.15, -0.1) is 0 Å². The number of carbonyl (C=O) groups excluding carboxylic acids is 1. The van der Waals surface area contributed by atoms with E-state index < -0.39 is 21.0 Å². The number of nitrogen functional groups attached to an aromatic ring is 1. The molecule has 0 spiro atoms. The lowest BCUT2D eigenvalue weighted by Crippen LogP contribution is -2.35. The second-order valence-corrected chi connectivity index (χ2v) is 6.54. The monoisotopic (exact) mass is 320 g/mol. The summed E-state index contributed by atoms with van der Waals surface area (Å²) in [6.45, 7) is 1.58. The third-order valence-electron chi connectivity index (χ3n) is 2.34. The fraction of sp³-hybridized carbons (Fsp3) is 0.300. The van der Waals surface area contributed by atoms with Crippen molar-refractivity contribution in [3.63, 3.8) is 0 Å². The Hall–Kier alpha value is -1.08. The Balaban J connectivity index is 3.40. The van der Waals surface area contributed by atoms with Crippen LogP contribution in [-0.4, -0.2) is 19.6 Å². The molecule has 1 amide bonds. The molecule has 0 aliphatic carbocycles. The highest BCUT2D eigenvalue weighted by atomic mass is 79.9. The molecule has 0 saturated carbocycles. The number of carbonyl (C=O) groups is 1. The minimum atomic E-state index is -3.83. The first-order valence-electron chi connectivity index (χ1n) is 4.89. The van der Waals surface area contributed by atoms with Crippen LogP contribution in [0.25, 0.3) is 0 Å². The minimum Gasteiger partial charge on any atom is -0.398 e. The van der Waals surface area contributed by atoms with Crippen LogP contribution in [-0.2, 0) is 14.6 Å². The molecule has 0 fully saturated rings. The molecule has 7 heteroatoms. The lowest BCUT2D eigenvalue weighted by Gasteiger charge is -2.14. The summed E-state index contributed by atoms with van der Waals surface area (Å²) in [4.78, 5) is 11.1. The van der Waals surface area contributed by atoms with E-state index in [2.05, 4.69) is 15.9 Å². The number of anilines is 1. The molecule has 1 atom stereocenters. The van der Waals surface area contributed by atoms with Crippen molar-refractivity contribution in [2.45, 2.75) is 23.5 Å². The van der Waals surface area contributed by atoms with Gasteiger partial charge in [-0.25, -0.2) is 8.42 Å². The van der Waals surface area contributed by atoms with E-state index in [1.54, 1.807) is 13.0 Å². The topological polar surface area (TPSA) is 103 Å². The number of primary amides is 1. The van der Waals surface area contributed by atoms with Gasteiger partial charge in [-0.3, -0.25) is 4.79 Å². The molecule has 1 aromatic rings. The maximum atomic E-state index is 12.2. The van der Waals surface area contributed by atoms with Gasteiger partial charge >= 0.3 is 0 Å². The van der Waals surface area contributed by atoms with Crippen LogP contribution in [0.3, 0.4) is 0 Å². The summed E-state index contributed by atoms with van der Waals surface area (Å²) in [5, 5.41) is -1.25. The predicted octanol–water partition coefficient (Wildman–Crippen LogP) is 1.07. The zero-order valence-electron chi connectivity index (χ0n) is 9.18. The largest absolute Gasteiger partial charge is 0.398 e. The molecule has 94 valence electrons. The molecule has 17 heavy (non-hydrogen) atoms. The van der Waals surface area contributed by atoms with Crippen molar-refractivity contribution in [3.8, 4) is 0 Å². The lowest BCUT2D eigenvalue weighted by atomic mass is 10.3. The minimum absolute atomic E-state index is 0.0717. The maximum Gasteiger partial charge on any atom is 0.236 e. The van der Waals surface area contributed by atoms with Crippen LogP contribution in [0.2, 0.25) is 0 Å². The van der Waals surface area contributed by atoms with E-state index in [-0.39, 0.29) is 17.0 Å². The Morgan fingerprint density at radius 1 is 1.47 bits per heavy atom. The zero-order valence-corrected chi connectivity index (χ0v) is 11.6. The highest BCUT2D eigenvalue weighted by Crippen LogP contribution is 2.27. The first kappa shape index (κ1) is 14.0. The van der Waals surface area contributed by atoms with Crippen molar-refractivity contribution in [2.24, 2.45) is 5.73 Å². The average molecular weight is 321 g/mol. The van der Waals surface area contributed by atoms with Crippen LogP contribution in [0.1, 0.15) is 13.3 Å². The van der Waals surface area contributed by atoms with Gasteiger partial charge in [-0.1, -0.05) is 22.9 Å². The lowest BCUT2D eigenvalue weighted by molar-refractivity contribution is -0.117. The Morgan fingerprint density at radius 3 is 2.53 bits per heavy atom. The average Bonchev–Trinajstić information content (AvgIpc) is 2.21. The van der Waals surface area contributed by atoms with Crippen molar-refractivity contribution >= 4 is 37.4 Å². The smallest absolute Gasteiger partial charge is 0.236 e. The normalized spacial score (nSPS) is 13.3. The molecule has 4 N–H and O–H groups in total. The standard InChI is InChI=1S/C10H13BrN2O3S/c1-2-8(10(13)14)17(15,16)9-5-6(11)3-4-7(9)12/h3-5,8H,2,12H2,1H3,(H2,13,14). The molecule has 0 heterocycles. The third-order valence-corrected chi connectivity index (χ3v) is 5.12. The number of hydrogen-bond acceptors (Lipinski definition) is 4. The molecular formula is C10H13BrN2O3S. The molecular weight excluding hydrogens is 308 g/mol. The number of benzene rings is 1. The van der Waals surface area contributed by atoms with Gasteiger partial charge in [0.15, 0.2) is 9.84 Å². The van der Waals surface area contributed by atoms with E-state index in [0.717, 1.165) is 0 Å². The van der Waals surface area contributed by atoms with E-state index >= 15 is 0 Å². The highest BCUT2D eigenvalue weighted by molar-refractivity contribution is 9.10. The molecule has 0 aliphatic rings. The third kappa shape index (κ3) is 2.78. The Bertz CT molecular complexity index is 542. The number of halogens is 1. The molecule has 0 aliphatic heterocycles. The summed E-state index contributed by atoms with van der Waals surface area (Å²) in [7, 11) is -3.83. The second kappa shape index (κ2) is 5.05. The summed E-state index contributed by atoms with van der Waals surface area (Å²) in [6, 6.07) is 4.46. The van der Waals surface area contributed by atoms with Crippen molar-refractivity contribution in [2.75, 3.05) is 5.73 Å². The van der Waals surface area contributed by atoms with Gasteiger partial charge in [0.05, 0.1) is 10.6 Å². The van der Waals surface area contributed by atoms with E-state index in [4.69, 9.17) is 11.5 Å². The SMILES string of the molecule is CCC(C(N)=O)S(=O)(=O)c1cc(Br)ccc1N. The first-order chi connectivity index (χ1) is 7.80. The van der Waals surface area contributed by atoms with Crippen molar-refractivity contribution < 1.29 is 13.2 Å². The first-order valence-corrected chi connectivity index (χ1v) is 7.22. The summed E-state index contributed by atoms with van der Waals surface area (Å²) < 4.78 is 24.9. The Morgan fingerprint density at radius 2 is 2.06 bits per heavy atom.